The van der Waals surface area contributed by atoms with Gasteiger partial charge in [-0.3, -0.25) is 4.79 Å². The summed E-state index contributed by atoms with van der Waals surface area (Å²) in [7, 11) is -6.94. The minimum atomic E-state index is -3.67. The van der Waals surface area contributed by atoms with E-state index in [9.17, 15) is 21.6 Å². The van der Waals surface area contributed by atoms with E-state index in [0.29, 0.717) is 5.56 Å². The van der Waals surface area contributed by atoms with Gasteiger partial charge in [0.25, 0.3) is 5.91 Å². The summed E-state index contributed by atoms with van der Waals surface area (Å²) in [6.07, 6.45) is 1.13. The van der Waals surface area contributed by atoms with E-state index in [1.54, 1.807) is 12.1 Å². The second-order valence-electron chi connectivity index (χ2n) is 6.53. The van der Waals surface area contributed by atoms with Gasteiger partial charge in [-0.1, -0.05) is 18.2 Å². The van der Waals surface area contributed by atoms with Gasteiger partial charge < -0.3 is 5.32 Å². The number of thiophene rings is 1. The van der Waals surface area contributed by atoms with Gasteiger partial charge in [0.1, 0.15) is 0 Å². The molecule has 10 heteroatoms. The van der Waals surface area contributed by atoms with Crippen LogP contribution in [-0.4, -0.2) is 29.0 Å². The van der Waals surface area contributed by atoms with E-state index in [1.807, 2.05) is 17.5 Å². The third kappa shape index (κ3) is 5.76. The number of nitrogens with one attached hydrogen (secondary N) is 2. The predicted octanol–water partition coefficient (Wildman–Crippen LogP) is 2.56. The monoisotopic (exact) mass is 464 g/mol. The lowest BCUT2D eigenvalue weighted by Gasteiger charge is -2.08. The number of benzene rings is 2. The molecule has 158 valence electrons. The number of hydrogen-bond acceptors (Lipinski definition) is 6. The normalized spacial score (nSPS) is 11.9. The molecule has 0 saturated heterocycles. The topological polar surface area (TPSA) is 109 Å². The SMILES string of the molecule is CS(=O)(=O)c1ccc(CNC(=O)c2ccc(S(=O)(=O)NCc3cccs3)cc2)cc1. The highest BCUT2D eigenvalue weighted by Crippen LogP contribution is 2.14. The Labute approximate surface area is 179 Å². The van der Waals surface area contributed by atoms with Crippen LogP contribution in [0.15, 0.2) is 75.8 Å². The zero-order valence-corrected chi connectivity index (χ0v) is 18.5. The van der Waals surface area contributed by atoms with Crippen molar-refractivity contribution in [1.82, 2.24) is 10.0 Å². The fraction of sp³-hybridized carbons (Fsp3) is 0.150. The van der Waals surface area contributed by atoms with Crippen LogP contribution in [0.3, 0.4) is 0 Å². The Morgan fingerprint density at radius 2 is 1.50 bits per heavy atom. The average Bonchev–Trinajstić information content (AvgIpc) is 3.24. The highest BCUT2D eigenvalue weighted by molar-refractivity contribution is 7.90. The number of carbonyl (C=O) groups excluding carboxylic acids is 1. The number of carbonyl (C=O) groups is 1. The van der Waals surface area contributed by atoms with Gasteiger partial charge in [-0.25, -0.2) is 21.6 Å². The third-order valence-electron chi connectivity index (χ3n) is 4.25. The summed E-state index contributed by atoms with van der Waals surface area (Å²) in [4.78, 5) is 13.5. The Kier molecular flexibility index (Phi) is 6.71. The predicted molar refractivity (Wildman–Crippen MR) is 116 cm³/mol. The first kappa shape index (κ1) is 22.2. The lowest BCUT2D eigenvalue weighted by Crippen LogP contribution is -2.24. The van der Waals surface area contributed by atoms with E-state index < -0.39 is 19.9 Å². The van der Waals surface area contributed by atoms with E-state index >= 15 is 0 Å². The number of sulfonamides is 1. The molecule has 0 radical (unpaired) electrons. The van der Waals surface area contributed by atoms with Crippen molar-refractivity contribution in [3.8, 4) is 0 Å². The molecule has 1 aromatic heterocycles. The maximum Gasteiger partial charge on any atom is 0.251 e. The van der Waals surface area contributed by atoms with E-state index in [1.165, 1.54) is 47.7 Å². The van der Waals surface area contributed by atoms with Crippen LogP contribution >= 0.6 is 11.3 Å². The van der Waals surface area contributed by atoms with Crippen LogP contribution in [0.4, 0.5) is 0 Å². The van der Waals surface area contributed by atoms with Gasteiger partial charge >= 0.3 is 0 Å². The molecule has 0 aliphatic heterocycles. The Morgan fingerprint density at radius 3 is 2.07 bits per heavy atom. The number of rotatable bonds is 8. The Morgan fingerprint density at radius 1 is 0.867 bits per heavy atom. The van der Waals surface area contributed by atoms with Crippen molar-refractivity contribution in [2.45, 2.75) is 22.9 Å². The highest BCUT2D eigenvalue weighted by atomic mass is 32.2. The molecule has 1 amide bonds. The van der Waals surface area contributed by atoms with Gasteiger partial charge in [0.05, 0.1) is 9.79 Å². The molecule has 2 aromatic carbocycles. The Hall–Kier alpha value is -2.53. The summed E-state index contributed by atoms with van der Waals surface area (Å²) in [5.74, 6) is -0.363. The van der Waals surface area contributed by atoms with Crippen molar-refractivity contribution in [2.24, 2.45) is 0 Å². The molecule has 30 heavy (non-hydrogen) atoms. The highest BCUT2D eigenvalue weighted by Gasteiger charge is 2.15. The van der Waals surface area contributed by atoms with Crippen molar-refractivity contribution >= 4 is 37.1 Å². The van der Waals surface area contributed by atoms with Crippen molar-refractivity contribution in [3.05, 3.63) is 82.0 Å². The number of amides is 1. The van der Waals surface area contributed by atoms with Crippen LogP contribution in [-0.2, 0) is 33.0 Å². The summed E-state index contributed by atoms with van der Waals surface area (Å²) in [5, 5.41) is 4.60. The lowest BCUT2D eigenvalue weighted by atomic mass is 10.2. The molecule has 1 heterocycles. The van der Waals surface area contributed by atoms with Crippen molar-refractivity contribution < 1.29 is 21.6 Å². The minimum absolute atomic E-state index is 0.0759. The van der Waals surface area contributed by atoms with Crippen LogP contribution in [0, 0.1) is 0 Å². The van der Waals surface area contributed by atoms with Gasteiger partial charge in [-0.15, -0.1) is 11.3 Å². The number of sulfone groups is 1. The zero-order chi connectivity index (χ0) is 21.8. The maximum atomic E-state index is 12.4. The van der Waals surface area contributed by atoms with Gasteiger partial charge in [-0.05, 0) is 53.4 Å². The zero-order valence-electron chi connectivity index (χ0n) is 16.0. The van der Waals surface area contributed by atoms with Gasteiger partial charge in [0.15, 0.2) is 9.84 Å². The van der Waals surface area contributed by atoms with Crippen molar-refractivity contribution in [1.29, 1.82) is 0 Å². The maximum absolute atomic E-state index is 12.4. The van der Waals surface area contributed by atoms with Crippen molar-refractivity contribution in [2.75, 3.05) is 6.26 Å². The van der Waals surface area contributed by atoms with Gasteiger partial charge in [0, 0.05) is 29.8 Å². The molecular weight excluding hydrogens is 444 g/mol. The Balaban J connectivity index is 1.59. The fourth-order valence-electron chi connectivity index (χ4n) is 2.59. The summed E-state index contributed by atoms with van der Waals surface area (Å²) < 4.78 is 50.2. The molecule has 0 aliphatic carbocycles. The van der Waals surface area contributed by atoms with Crippen LogP contribution in [0.2, 0.25) is 0 Å². The standard InChI is InChI=1S/C20H20N2O5S3/c1-29(24,25)18-8-4-15(5-9-18)13-21-20(23)16-6-10-19(11-7-16)30(26,27)22-14-17-3-2-12-28-17/h2-12,22H,13-14H2,1H3,(H,21,23). The second kappa shape index (κ2) is 9.09. The molecule has 7 nitrogen and oxygen atoms in total. The molecule has 0 aliphatic rings. The molecular formula is C20H20N2O5S3. The van der Waals surface area contributed by atoms with Crippen LogP contribution in [0.25, 0.3) is 0 Å². The molecule has 3 aromatic rings. The van der Waals surface area contributed by atoms with Crippen LogP contribution < -0.4 is 10.0 Å². The van der Waals surface area contributed by atoms with Crippen molar-refractivity contribution in [3.63, 3.8) is 0 Å². The summed E-state index contributed by atoms with van der Waals surface area (Å²) in [6.45, 7) is 0.422. The fourth-order valence-corrected chi connectivity index (χ4v) is 4.96. The molecule has 0 saturated carbocycles. The lowest BCUT2D eigenvalue weighted by molar-refractivity contribution is 0.0950. The molecule has 3 rings (SSSR count). The summed E-state index contributed by atoms with van der Waals surface area (Å²) in [6, 6.07) is 15.6. The molecule has 0 bridgehead atoms. The average molecular weight is 465 g/mol. The van der Waals surface area contributed by atoms with E-state index in [0.717, 1.165) is 16.7 Å². The first-order valence-corrected chi connectivity index (χ1v) is 13.1. The first-order chi connectivity index (χ1) is 14.1. The van der Waals surface area contributed by atoms with E-state index in [4.69, 9.17) is 0 Å². The third-order valence-corrected chi connectivity index (χ3v) is 7.67. The summed E-state index contributed by atoms with van der Waals surface area (Å²) >= 11 is 1.46. The molecule has 0 fully saturated rings. The Bertz CT molecular complexity index is 1220. The van der Waals surface area contributed by atoms with Gasteiger partial charge in [-0.2, -0.15) is 0 Å². The van der Waals surface area contributed by atoms with Crippen LogP contribution in [0.5, 0.6) is 0 Å². The molecule has 2 N–H and O–H groups in total. The number of hydrogen-bond donors (Lipinski definition) is 2. The first-order valence-electron chi connectivity index (χ1n) is 8.84. The minimum Gasteiger partial charge on any atom is -0.348 e. The largest absolute Gasteiger partial charge is 0.348 e. The molecule has 0 unspecified atom stereocenters. The quantitative estimate of drug-likeness (QED) is 0.532. The molecule has 0 atom stereocenters. The second-order valence-corrected chi connectivity index (χ2v) is 11.3. The summed E-state index contributed by atoms with van der Waals surface area (Å²) in [5.41, 5.74) is 1.06. The van der Waals surface area contributed by atoms with E-state index in [2.05, 4.69) is 10.0 Å². The van der Waals surface area contributed by atoms with E-state index in [-0.39, 0.29) is 28.8 Å². The van der Waals surface area contributed by atoms with Gasteiger partial charge in [0.2, 0.25) is 10.0 Å². The molecule has 0 spiro atoms. The van der Waals surface area contributed by atoms with Crippen LogP contribution in [0.1, 0.15) is 20.8 Å². The smallest absolute Gasteiger partial charge is 0.251 e.